The number of unbranched alkanes of at least 4 members (excludes halogenated alkanes) is 2. The third-order valence-electron chi connectivity index (χ3n) is 2.85. The standard InChI is InChI=1S/C15H22N2O3/c1-2-20-14(18)10-4-3-7-11-17-15(19)12-8-5-6-9-13(12)16/h5-6,8-9H,2-4,7,10-11,16H2,1H3,(H,17,19). The lowest BCUT2D eigenvalue weighted by Crippen LogP contribution is -2.25. The Morgan fingerprint density at radius 2 is 1.95 bits per heavy atom. The molecule has 0 spiro atoms. The van der Waals surface area contributed by atoms with E-state index in [1.807, 2.05) is 0 Å². The minimum atomic E-state index is -0.159. The van der Waals surface area contributed by atoms with Crippen molar-refractivity contribution in [2.24, 2.45) is 0 Å². The van der Waals surface area contributed by atoms with Crippen LogP contribution in [-0.2, 0) is 9.53 Å². The molecule has 0 radical (unpaired) electrons. The third kappa shape index (κ3) is 5.73. The molecule has 0 atom stereocenters. The van der Waals surface area contributed by atoms with Gasteiger partial charge in [-0.1, -0.05) is 18.6 Å². The van der Waals surface area contributed by atoms with Gasteiger partial charge in [0, 0.05) is 18.7 Å². The van der Waals surface area contributed by atoms with Crippen LogP contribution < -0.4 is 11.1 Å². The number of amides is 1. The topological polar surface area (TPSA) is 81.4 Å². The van der Waals surface area contributed by atoms with Gasteiger partial charge < -0.3 is 15.8 Å². The molecule has 3 N–H and O–H groups in total. The van der Waals surface area contributed by atoms with Crippen molar-refractivity contribution in [2.45, 2.75) is 32.6 Å². The number of carbonyl (C=O) groups is 2. The highest BCUT2D eigenvalue weighted by Crippen LogP contribution is 2.10. The lowest BCUT2D eigenvalue weighted by molar-refractivity contribution is -0.143. The molecule has 20 heavy (non-hydrogen) atoms. The van der Waals surface area contributed by atoms with Gasteiger partial charge >= 0.3 is 5.97 Å². The molecule has 0 aliphatic heterocycles. The summed E-state index contributed by atoms with van der Waals surface area (Å²) >= 11 is 0. The predicted molar refractivity (Wildman–Crippen MR) is 78.3 cm³/mol. The van der Waals surface area contributed by atoms with Crippen LogP contribution >= 0.6 is 0 Å². The van der Waals surface area contributed by atoms with Gasteiger partial charge in [0.2, 0.25) is 0 Å². The Kier molecular flexibility index (Phi) is 7.17. The van der Waals surface area contributed by atoms with Gasteiger partial charge in [-0.3, -0.25) is 9.59 Å². The van der Waals surface area contributed by atoms with Gasteiger partial charge in [0.15, 0.2) is 0 Å². The van der Waals surface area contributed by atoms with E-state index < -0.39 is 0 Å². The number of hydrogen-bond acceptors (Lipinski definition) is 4. The zero-order valence-electron chi connectivity index (χ0n) is 11.9. The van der Waals surface area contributed by atoms with Crippen LogP contribution in [0, 0.1) is 0 Å². The average Bonchev–Trinajstić information content (AvgIpc) is 2.43. The molecule has 5 heteroatoms. The van der Waals surface area contributed by atoms with Crippen LogP contribution in [0.1, 0.15) is 43.0 Å². The van der Waals surface area contributed by atoms with E-state index >= 15 is 0 Å². The number of benzene rings is 1. The second kappa shape index (κ2) is 8.96. The van der Waals surface area contributed by atoms with Gasteiger partial charge in [0.1, 0.15) is 0 Å². The Morgan fingerprint density at radius 3 is 2.65 bits per heavy atom. The lowest BCUT2D eigenvalue weighted by atomic mass is 10.1. The molecule has 1 amide bonds. The summed E-state index contributed by atoms with van der Waals surface area (Å²) in [7, 11) is 0. The quantitative estimate of drug-likeness (QED) is 0.433. The van der Waals surface area contributed by atoms with Gasteiger partial charge in [-0.15, -0.1) is 0 Å². The van der Waals surface area contributed by atoms with Crippen LogP contribution in [-0.4, -0.2) is 25.0 Å². The van der Waals surface area contributed by atoms with E-state index in [2.05, 4.69) is 5.32 Å². The Hall–Kier alpha value is -2.04. The molecule has 0 unspecified atom stereocenters. The van der Waals surface area contributed by atoms with Gasteiger partial charge in [-0.05, 0) is 31.9 Å². The molecule has 0 aliphatic carbocycles. The predicted octanol–water partition coefficient (Wildman–Crippen LogP) is 2.12. The average molecular weight is 278 g/mol. The van der Waals surface area contributed by atoms with Crippen molar-refractivity contribution < 1.29 is 14.3 Å². The fourth-order valence-corrected chi connectivity index (χ4v) is 1.81. The Bertz CT molecular complexity index is 446. The molecule has 0 fully saturated rings. The Morgan fingerprint density at radius 1 is 1.20 bits per heavy atom. The lowest BCUT2D eigenvalue weighted by Gasteiger charge is -2.07. The normalized spacial score (nSPS) is 10.1. The molecule has 110 valence electrons. The number of hydrogen-bond donors (Lipinski definition) is 2. The van der Waals surface area contributed by atoms with E-state index in [1.54, 1.807) is 31.2 Å². The number of esters is 1. The van der Waals surface area contributed by atoms with Crippen molar-refractivity contribution in [3.63, 3.8) is 0 Å². The first kappa shape index (κ1) is 16.0. The molecule has 1 rings (SSSR count). The molecule has 1 aromatic rings. The number of nitrogens with two attached hydrogens (primary N) is 1. The zero-order chi connectivity index (χ0) is 14.8. The first-order valence-electron chi connectivity index (χ1n) is 6.93. The first-order valence-corrected chi connectivity index (χ1v) is 6.93. The number of para-hydroxylation sites is 1. The van der Waals surface area contributed by atoms with Crippen molar-refractivity contribution in [1.82, 2.24) is 5.32 Å². The number of rotatable bonds is 8. The second-order valence-corrected chi connectivity index (χ2v) is 4.46. The summed E-state index contributed by atoms with van der Waals surface area (Å²) in [5.74, 6) is -0.318. The number of ether oxygens (including phenoxy) is 1. The molecule has 0 heterocycles. The number of nitrogens with one attached hydrogen (secondary N) is 1. The highest BCUT2D eigenvalue weighted by atomic mass is 16.5. The van der Waals surface area contributed by atoms with Crippen molar-refractivity contribution in [1.29, 1.82) is 0 Å². The molecule has 0 aliphatic rings. The highest BCUT2D eigenvalue weighted by Gasteiger charge is 2.07. The van der Waals surface area contributed by atoms with E-state index in [0.717, 1.165) is 19.3 Å². The van der Waals surface area contributed by atoms with Crippen LogP contribution in [0.4, 0.5) is 5.69 Å². The van der Waals surface area contributed by atoms with E-state index in [4.69, 9.17) is 10.5 Å². The molecule has 1 aromatic carbocycles. The summed E-state index contributed by atoms with van der Waals surface area (Å²) in [6, 6.07) is 6.98. The van der Waals surface area contributed by atoms with Crippen LogP contribution in [0.2, 0.25) is 0 Å². The van der Waals surface area contributed by atoms with Gasteiger partial charge in [-0.25, -0.2) is 0 Å². The zero-order valence-corrected chi connectivity index (χ0v) is 11.9. The van der Waals surface area contributed by atoms with Crippen molar-refractivity contribution >= 4 is 17.6 Å². The van der Waals surface area contributed by atoms with E-state index in [9.17, 15) is 9.59 Å². The summed E-state index contributed by atoms with van der Waals surface area (Å²) in [5, 5.41) is 2.82. The fraction of sp³-hybridized carbons (Fsp3) is 0.467. The third-order valence-corrected chi connectivity index (χ3v) is 2.85. The second-order valence-electron chi connectivity index (χ2n) is 4.46. The molecule has 0 saturated carbocycles. The summed E-state index contributed by atoms with van der Waals surface area (Å²) in [6.45, 7) is 2.80. The van der Waals surface area contributed by atoms with Crippen molar-refractivity contribution in [2.75, 3.05) is 18.9 Å². The maximum absolute atomic E-state index is 11.8. The van der Waals surface area contributed by atoms with Crippen molar-refractivity contribution in [3.05, 3.63) is 29.8 Å². The van der Waals surface area contributed by atoms with Gasteiger partial charge in [-0.2, -0.15) is 0 Å². The molecular formula is C15H22N2O3. The van der Waals surface area contributed by atoms with E-state index in [-0.39, 0.29) is 11.9 Å². The Balaban J connectivity index is 2.14. The maximum atomic E-state index is 11.8. The summed E-state index contributed by atoms with van der Waals surface area (Å²) < 4.78 is 4.84. The number of carbonyl (C=O) groups excluding carboxylic acids is 2. The highest BCUT2D eigenvalue weighted by molar-refractivity contribution is 5.98. The SMILES string of the molecule is CCOC(=O)CCCCCNC(=O)c1ccccc1N. The molecule has 5 nitrogen and oxygen atoms in total. The number of nitrogen functional groups attached to an aromatic ring is 1. The van der Waals surface area contributed by atoms with Gasteiger partial charge in [0.05, 0.1) is 12.2 Å². The molecule has 0 bridgehead atoms. The molecular weight excluding hydrogens is 256 g/mol. The van der Waals surface area contributed by atoms with Gasteiger partial charge in [0.25, 0.3) is 5.91 Å². The van der Waals surface area contributed by atoms with Crippen LogP contribution in [0.5, 0.6) is 0 Å². The fourth-order valence-electron chi connectivity index (χ4n) is 1.81. The van der Waals surface area contributed by atoms with Crippen LogP contribution in [0.25, 0.3) is 0 Å². The first-order chi connectivity index (χ1) is 9.65. The summed E-state index contributed by atoms with van der Waals surface area (Å²) in [5.41, 5.74) is 6.70. The maximum Gasteiger partial charge on any atom is 0.305 e. The van der Waals surface area contributed by atoms with Crippen LogP contribution in [0.15, 0.2) is 24.3 Å². The van der Waals surface area contributed by atoms with Crippen LogP contribution in [0.3, 0.4) is 0 Å². The smallest absolute Gasteiger partial charge is 0.305 e. The Labute approximate surface area is 119 Å². The van der Waals surface area contributed by atoms with Crippen molar-refractivity contribution in [3.8, 4) is 0 Å². The molecule has 0 aromatic heterocycles. The summed E-state index contributed by atoms with van der Waals surface area (Å²) in [4.78, 5) is 22.9. The molecule has 0 saturated heterocycles. The summed E-state index contributed by atoms with van der Waals surface area (Å²) in [6.07, 6.45) is 2.93. The largest absolute Gasteiger partial charge is 0.466 e. The number of anilines is 1. The van der Waals surface area contributed by atoms with E-state index in [1.165, 1.54) is 0 Å². The monoisotopic (exact) mass is 278 g/mol. The minimum absolute atomic E-state index is 0.159. The minimum Gasteiger partial charge on any atom is -0.466 e. The van der Waals surface area contributed by atoms with E-state index in [0.29, 0.717) is 30.8 Å².